The molecule has 39 heavy (non-hydrogen) atoms. The summed E-state index contributed by atoms with van der Waals surface area (Å²) in [5.74, 6) is 5.76. The molecule has 206 valence electrons. The van der Waals surface area contributed by atoms with Crippen molar-refractivity contribution in [3.05, 3.63) is 50.2 Å². The Morgan fingerprint density at radius 3 is 2.44 bits per heavy atom. The van der Waals surface area contributed by atoms with Crippen molar-refractivity contribution in [1.82, 2.24) is 23.6 Å². The molecule has 1 aliphatic carbocycles. The van der Waals surface area contributed by atoms with E-state index in [0.29, 0.717) is 16.8 Å². The van der Waals surface area contributed by atoms with Crippen molar-refractivity contribution >= 4 is 38.4 Å². The Labute approximate surface area is 225 Å². The van der Waals surface area contributed by atoms with Crippen molar-refractivity contribution in [2.24, 2.45) is 20.0 Å². The number of hydrogen-bond donors (Lipinski definition) is 1. The molecule has 2 heterocycles. The molecule has 1 saturated carbocycles. The maximum absolute atomic E-state index is 12.9. The number of amides is 1. The first kappa shape index (κ1) is 28.0. The van der Waals surface area contributed by atoms with Gasteiger partial charge in [-0.05, 0) is 50.7 Å². The van der Waals surface area contributed by atoms with Gasteiger partial charge >= 0.3 is 5.69 Å². The lowest BCUT2D eigenvalue weighted by Crippen LogP contribution is -2.38. The van der Waals surface area contributed by atoms with Crippen LogP contribution < -0.4 is 16.6 Å². The summed E-state index contributed by atoms with van der Waals surface area (Å²) in [6.07, 6.45) is 2.81. The van der Waals surface area contributed by atoms with E-state index in [2.05, 4.69) is 22.1 Å². The number of sulfone groups is 1. The fraction of sp³-hybridized carbons (Fsp3) is 0.423. The summed E-state index contributed by atoms with van der Waals surface area (Å²) in [6, 6.07) is 5.18. The van der Waals surface area contributed by atoms with Crippen LogP contribution in [0.1, 0.15) is 24.0 Å². The molecule has 1 N–H and O–H groups in total. The monoisotopic (exact) mass is 554 g/mol. The number of aryl methyl sites for hydroxylation is 1. The van der Waals surface area contributed by atoms with E-state index in [1.165, 1.54) is 14.1 Å². The lowest BCUT2D eigenvalue weighted by atomic mass is 10.0. The third kappa shape index (κ3) is 6.18. The molecule has 1 fully saturated rings. The average Bonchev–Trinajstić information content (AvgIpc) is 3.61. The molecule has 12 nitrogen and oxygen atoms in total. The number of fused-ring (bicyclic) bond motifs is 1. The van der Waals surface area contributed by atoms with Crippen LogP contribution in [0, 0.1) is 17.8 Å². The van der Waals surface area contributed by atoms with Gasteiger partial charge in [0.15, 0.2) is 16.9 Å². The Bertz CT molecular complexity index is 1780. The number of nitrogens with one attached hydrogen (secondary N) is 1. The zero-order valence-electron chi connectivity index (χ0n) is 22.4. The van der Waals surface area contributed by atoms with E-state index in [-0.39, 0.29) is 53.4 Å². The van der Waals surface area contributed by atoms with E-state index >= 15 is 0 Å². The molecule has 1 aliphatic rings. The number of Topliss-reactive ketones (excluding diaryl/α,β-unsaturated/α-hetero) is 1. The first-order chi connectivity index (χ1) is 18.3. The molecule has 0 saturated heterocycles. The van der Waals surface area contributed by atoms with Gasteiger partial charge < -0.3 is 14.8 Å². The van der Waals surface area contributed by atoms with Gasteiger partial charge in [-0.25, -0.2) is 13.2 Å². The van der Waals surface area contributed by atoms with Gasteiger partial charge in [0.2, 0.25) is 20.9 Å². The van der Waals surface area contributed by atoms with Gasteiger partial charge in [-0.15, -0.1) is 0 Å². The number of imidazole rings is 1. The molecule has 0 unspecified atom stereocenters. The Morgan fingerprint density at radius 2 is 1.82 bits per heavy atom. The lowest BCUT2D eigenvalue weighted by molar-refractivity contribution is -0.119. The number of likely N-dealkylation sites (N-methyl/N-ethyl adjacent to an activating group) is 1. The van der Waals surface area contributed by atoms with E-state index in [9.17, 15) is 27.6 Å². The minimum absolute atomic E-state index is 0.000517. The number of ketones is 1. The number of benzene rings is 1. The van der Waals surface area contributed by atoms with Crippen LogP contribution in [0.3, 0.4) is 0 Å². The van der Waals surface area contributed by atoms with Crippen LogP contribution in [-0.2, 0) is 46.5 Å². The predicted octanol–water partition coefficient (Wildman–Crippen LogP) is -0.0894. The average molecular weight is 555 g/mol. The highest BCUT2D eigenvalue weighted by Crippen LogP contribution is 2.30. The molecular formula is C26H30N6O6S. The molecule has 0 aliphatic heterocycles. The summed E-state index contributed by atoms with van der Waals surface area (Å²) in [5, 5.41) is 2.55. The van der Waals surface area contributed by atoms with Crippen LogP contribution >= 0.6 is 0 Å². The van der Waals surface area contributed by atoms with E-state index in [0.717, 1.165) is 32.8 Å². The lowest BCUT2D eigenvalue weighted by Gasteiger charge is -2.11. The summed E-state index contributed by atoms with van der Waals surface area (Å²) in [6.45, 7) is 0.0854. The molecule has 4 rings (SSSR count). The van der Waals surface area contributed by atoms with Crippen molar-refractivity contribution in [2.45, 2.75) is 31.0 Å². The highest BCUT2D eigenvalue weighted by molar-refractivity contribution is 7.90. The molecule has 0 bridgehead atoms. The Balaban J connectivity index is 1.72. The summed E-state index contributed by atoms with van der Waals surface area (Å²) in [7, 11) is 2.53. The number of carbonyl (C=O) groups is 2. The highest BCUT2D eigenvalue weighted by atomic mass is 32.2. The summed E-state index contributed by atoms with van der Waals surface area (Å²) >= 11 is 0. The van der Waals surface area contributed by atoms with Crippen molar-refractivity contribution in [1.29, 1.82) is 0 Å². The number of hydrogen-bond acceptors (Lipinski definition) is 8. The van der Waals surface area contributed by atoms with Gasteiger partial charge in [-0.3, -0.25) is 23.5 Å². The number of nitrogens with zero attached hydrogens (tertiary/aromatic N) is 5. The second-order valence-corrected chi connectivity index (χ2v) is 12.0. The molecule has 1 aromatic carbocycles. The number of carbonyl (C=O) groups excluding carboxylic acids is 2. The number of rotatable bonds is 8. The molecule has 1 amide bonds. The van der Waals surface area contributed by atoms with Crippen molar-refractivity contribution in [2.75, 3.05) is 32.2 Å². The van der Waals surface area contributed by atoms with Crippen LogP contribution in [0.4, 0.5) is 5.69 Å². The smallest absolute Gasteiger partial charge is 0.326 e. The zero-order valence-corrected chi connectivity index (χ0v) is 23.3. The molecule has 0 atom stereocenters. The number of anilines is 1. The molecule has 2 aromatic heterocycles. The normalized spacial score (nSPS) is 13.4. The summed E-state index contributed by atoms with van der Waals surface area (Å²) in [5.41, 5.74) is 0.241. The quantitative estimate of drug-likeness (QED) is 0.381. The van der Waals surface area contributed by atoms with Crippen LogP contribution in [-0.4, -0.2) is 70.6 Å². The van der Waals surface area contributed by atoms with Crippen molar-refractivity contribution < 1.29 is 18.0 Å². The zero-order chi connectivity index (χ0) is 28.6. The molecule has 13 heteroatoms. The second kappa shape index (κ2) is 10.6. The minimum Gasteiger partial charge on any atom is -0.326 e. The Morgan fingerprint density at radius 1 is 1.13 bits per heavy atom. The van der Waals surface area contributed by atoms with Crippen molar-refractivity contribution in [3.63, 3.8) is 0 Å². The Kier molecular flexibility index (Phi) is 7.63. The maximum Gasteiger partial charge on any atom is 0.333 e. The predicted molar refractivity (Wildman–Crippen MR) is 145 cm³/mol. The van der Waals surface area contributed by atoms with Gasteiger partial charge in [0, 0.05) is 43.9 Å². The third-order valence-corrected chi connectivity index (χ3v) is 7.25. The van der Waals surface area contributed by atoms with Crippen LogP contribution in [0.2, 0.25) is 0 Å². The maximum atomic E-state index is 12.9. The standard InChI is InChI=1S/C26H30N6O6S/c1-29(2)15-20(33)14-17-11-16(12-19(13-17)27-23(34)18-8-9-18)7-6-10-32-22-21(24(35)31(4)26(32)36)30(3)25(28-22)39(5,37)38/h11-13,18H,8-10,14-15H2,1-5H3,(H,27,34). The first-order valence-corrected chi connectivity index (χ1v) is 14.1. The van der Waals surface area contributed by atoms with Gasteiger partial charge in [-0.2, -0.15) is 4.98 Å². The summed E-state index contributed by atoms with van der Waals surface area (Å²) in [4.78, 5) is 56.2. The molecule has 0 radical (unpaired) electrons. The van der Waals surface area contributed by atoms with Gasteiger partial charge in [-0.1, -0.05) is 11.8 Å². The fourth-order valence-electron chi connectivity index (χ4n) is 4.27. The number of aromatic nitrogens is 4. The summed E-state index contributed by atoms with van der Waals surface area (Å²) < 4.78 is 27.5. The molecular weight excluding hydrogens is 524 g/mol. The van der Waals surface area contributed by atoms with Crippen LogP contribution in [0.15, 0.2) is 32.9 Å². The Hall–Kier alpha value is -4.02. The van der Waals surface area contributed by atoms with E-state index in [1.54, 1.807) is 37.2 Å². The largest absolute Gasteiger partial charge is 0.333 e. The topological polar surface area (TPSA) is 145 Å². The molecule has 0 spiro atoms. The molecule has 3 aromatic rings. The van der Waals surface area contributed by atoms with Gasteiger partial charge in [0.25, 0.3) is 5.56 Å². The third-order valence-electron chi connectivity index (χ3n) is 6.22. The first-order valence-electron chi connectivity index (χ1n) is 12.2. The van der Waals surface area contributed by atoms with Gasteiger partial charge in [0.1, 0.15) is 0 Å². The van der Waals surface area contributed by atoms with Crippen molar-refractivity contribution in [3.8, 4) is 11.8 Å². The van der Waals surface area contributed by atoms with Crippen LogP contribution in [0.5, 0.6) is 0 Å². The SMILES string of the molecule is CN(C)CC(=O)Cc1cc(C#CCn2c(=O)n(C)c(=O)c3c2nc(S(C)(=O)=O)n3C)cc(NC(=O)C2CC2)c1. The highest BCUT2D eigenvalue weighted by Gasteiger charge is 2.29. The van der Waals surface area contributed by atoms with Crippen LogP contribution in [0.25, 0.3) is 11.2 Å². The van der Waals surface area contributed by atoms with Gasteiger partial charge in [0.05, 0.1) is 13.1 Å². The van der Waals surface area contributed by atoms with E-state index in [1.807, 2.05) is 0 Å². The van der Waals surface area contributed by atoms with E-state index in [4.69, 9.17) is 0 Å². The second-order valence-electron chi connectivity index (χ2n) is 10.1. The fourth-order valence-corrected chi connectivity index (χ4v) is 5.11. The van der Waals surface area contributed by atoms with E-state index < -0.39 is 21.1 Å². The minimum atomic E-state index is -3.77.